The highest BCUT2D eigenvalue weighted by molar-refractivity contribution is 5.75. The lowest BCUT2D eigenvalue weighted by atomic mass is 10.1. The topological polar surface area (TPSA) is 58.6 Å². The Kier molecular flexibility index (Phi) is 4.85. The van der Waals surface area contributed by atoms with E-state index in [9.17, 15) is 9.90 Å². The second-order valence-corrected chi connectivity index (χ2v) is 3.06. The number of aliphatic hydroxyl groups is 1. The maximum atomic E-state index is 10.8. The SMILES string of the molecule is CCC(=O)NCC(C)(O)COC. The molecule has 0 spiro atoms. The first-order valence-electron chi connectivity index (χ1n) is 4.00. The van der Waals surface area contributed by atoms with Gasteiger partial charge in [-0.2, -0.15) is 0 Å². The van der Waals surface area contributed by atoms with Gasteiger partial charge in [-0.25, -0.2) is 0 Å². The van der Waals surface area contributed by atoms with E-state index in [-0.39, 0.29) is 19.1 Å². The van der Waals surface area contributed by atoms with Crippen molar-refractivity contribution in [3.05, 3.63) is 0 Å². The number of rotatable bonds is 5. The van der Waals surface area contributed by atoms with Crippen LogP contribution in [0, 0.1) is 0 Å². The maximum absolute atomic E-state index is 10.8. The van der Waals surface area contributed by atoms with Crippen LogP contribution in [0.2, 0.25) is 0 Å². The number of ether oxygens (including phenoxy) is 1. The Hall–Kier alpha value is -0.610. The van der Waals surface area contributed by atoms with E-state index in [1.54, 1.807) is 13.8 Å². The summed E-state index contributed by atoms with van der Waals surface area (Å²) in [6.07, 6.45) is 0.434. The molecule has 2 N–H and O–H groups in total. The molecule has 0 saturated heterocycles. The molecule has 0 saturated carbocycles. The van der Waals surface area contributed by atoms with Gasteiger partial charge in [0.15, 0.2) is 0 Å². The van der Waals surface area contributed by atoms with Gasteiger partial charge in [0.25, 0.3) is 0 Å². The zero-order valence-electron chi connectivity index (χ0n) is 7.89. The maximum Gasteiger partial charge on any atom is 0.219 e. The largest absolute Gasteiger partial charge is 0.386 e. The molecule has 1 atom stereocenters. The predicted molar refractivity (Wildman–Crippen MR) is 45.8 cm³/mol. The van der Waals surface area contributed by atoms with Gasteiger partial charge in [0.05, 0.1) is 6.61 Å². The van der Waals surface area contributed by atoms with Crippen LogP contribution in [0.5, 0.6) is 0 Å². The molecule has 0 aliphatic heterocycles. The van der Waals surface area contributed by atoms with Crippen molar-refractivity contribution >= 4 is 5.91 Å². The van der Waals surface area contributed by atoms with Crippen molar-refractivity contribution in [2.75, 3.05) is 20.3 Å². The zero-order valence-corrected chi connectivity index (χ0v) is 7.89. The lowest BCUT2D eigenvalue weighted by Gasteiger charge is -2.22. The highest BCUT2D eigenvalue weighted by Gasteiger charge is 2.20. The third kappa shape index (κ3) is 5.09. The standard InChI is InChI=1S/C8H17NO3/c1-4-7(10)9-5-8(2,11)6-12-3/h11H,4-6H2,1-3H3,(H,9,10). The average molecular weight is 175 g/mol. The summed E-state index contributed by atoms with van der Waals surface area (Å²) in [5, 5.41) is 12.1. The molecule has 1 amide bonds. The van der Waals surface area contributed by atoms with Crippen LogP contribution in [0.25, 0.3) is 0 Å². The molecule has 0 aromatic heterocycles. The number of hydrogen-bond donors (Lipinski definition) is 2. The number of methoxy groups -OCH3 is 1. The van der Waals surface area contributed by atoms with Gasteiger partial charge in [-0.3, -0.25) is 4.79 Å². The van der Waals surface area contributed by atoms with Gasteiger partial charge in [0, 0.05) is 20.1 Å². The van der Waals surface area contributed by atoms with Gasteiger partial charge in [-0.05, 0) is 6.92 Å². The van der Waals surface area contributed by atoms with E-state index in [4.69, 9.17) is 4.74 Å². The van der Waals surface area contributed by atoms with Crippen molar-refractivity contribution in [2.24, 2.45) is 0 Å². The van der Waals surface area contributed by atoms with Gasteiger partial charge in [0.1, 0.15) is 5.60 Å². The second kappa shape index (κ2) is 5.11. The number of nitrogens with one attached hydrogen (secondary N) is 1. The normalized spacial score (nSPS) is 15.3. The van der Waals surface area contributed by atoms with E-state index in [0.717, 1.165) is 0 Å². The summed E-state index contributed by atoms with van der Waals surface area (Å²) in [6, 6.07) is 0. The van der Waals surface area contributed by atoms with Crippen LogP contribution in [0.15, 0.2) is 0 Å². The molecular weight excluding hydrogens is 158 g/mol. The highest BCUT2D eigenvalue weighted by Crippen LogP contribution is 2.00. The third-order valence-electron chi connectivity index (χ3n) is 1.44. The Morgan fingerprint density at radius 1 is 1.67 bits per heavy atom. The predicted octanol–water partition coefficient (Wildman–Crippen LogP) is -0.0900. The summed E-state index contributed by atoms with van der Waals surface area (Å²) >= 11 is 0. The van der Waals surface area contributed by atoms with Crippen LogP contribution in [-0.4, -0.2) is 36.9 Å². The van der Waals surface area contributed by atoms with Crippen LogP contribution in [0.3, 0.4) is 0 Å². The van der Waals surface area contributed by atoms with Crippen molar-refractivity contribution < 1.29 is 14.6 Å². The van der Waals surface area contributed by atoms with Gasteiger partial charge < -0.3 is 15.2 Å². The fourth-order valence-electron chi connectivity index (χ4n) is 0.776. The average Bonchev–Trinajstić information content (AvgIpc) is 2.00. The van der Waals surface area contributed by atoms with E-state index in [1.807, 2.05) is 0 Å². The Bertz CT molecular complexity index is 145. The molecule has 0 aromatic rings. The van der Waals surface area contributed by atoms with Crippen LogP contribution < -0.4 is 5.32 Å². The molecule has 4 nitrogen and oxygen atoms in total. The molecule has 0 heterocycles. The van der Waals surface area contributed by atoms with E-state index in [1.165, 1.54) is 7.11 Å². The van der Waals surface area contributed by atoms with E-state index < -0.39 is 5.60 Å². The molecule has 1 unspecified atom stereocenters. The Morgan fingerprint density at radius 2 is 2.25 bits per heavy atom. The first-order valence-corrected chi connectivity index (χ1v) is 4.00. The van der Waals surface area contributed by atoms with Crippen molar-refractivity contribution in [2.45, 2.75) is 25.9 Å². The van der Waals surface area contributed by atoms with Gasteiger partial charge in [0.2, 0.25) is 5.91 Å². The van der Waals surface area contributed by atoms with Crippen molar-refractivity contribution in [1.29, 1.82) is 0 Å². The number of carbonyl (C=O) groups excluding carboxylic acids is 1. The van der Waals surface area contributed by atoms with E-state index in [0.29, 0.717) is 6.42 Å². The Morgan fingerprint density at radius 3 is 2.67 bits per heavy atom. The smallest absolute Gasteiger partial charge is 0.219 e. The molecule has 4 heteroatoms. The molecule has 0 aliphatic carbocycles. The minimum absolute atomic E-state index is 0.0635. The van der Waals surface area contributed by atoms with Crippen LogP contribution in [0.4, 0.5) is 0 Å². The summed E-state index contributed by atoms with van der Waals surface area (Å²) in [5.74, 6) is -0.0635. The lowest BCUT2D eigenvalue weighted by molar-refractivity contribution is -0.122. The van der Waals surface area contributed by atoms with Gasteiger partial charge in [-0.15, -0.1) is 0 Å². The highest BCUT2D eigenvalue weighted by atomic mass is 16.5. The van der Waals surface area contributed by atoms with Gasteiger partial charge >= 0.3 is 0 Å². The molecule has 72 valence electrons. The molecule has 0 rings (SSSR count). The number of hydrogen-bond acceptors (Lipinski definition) is 3. The summed E-state index contributed by atoms with van der Waals surface area (Å²) in [4.78, 5) is 10.8. The number of carbonyl (C=O) groups is 1. The van der Waals surface area contributed by atoms with Crippen LogP contribution in [0.1, 0.15) is 20.3 Å². The van der Waals surface area contributed by atoms with Crippen molar-refractivity contribution in [1.82, 2.24) is 5.32 Å². The first kappa shape index (κ1) is 11.4. The van der Waals surface area contributed by atoms with Crippen molar-refractivity contribution in [3.63, 3.8) is 0 Å². The summed E-state index contributed by atoms with van der Waals surface area (Å²) in [7, 11) is 1.51. The van der Waals surface area contributed by atoms with Crippen molar-refractivity contribution in [3.8, 4) is 0 Å². The molecule has 0 bridgehead atoms. The Labute approximate surface area is 72.9 Å². The fourth-order valence-corrected chi connectivity index (χ4v) is 0.776. The van der Waals surface area contributed by atoms with E-state index in [2.05, 4.69) is 5.32 Å². The molecular formula is C8H17NO3. The first-order chi connectivity index (χ1) is 5.52. The molecule has 0 aliphatic rings. The summed E-state index contributed by atoms with van der Waals surface area (Å²) < 4.78 is 4.77. The summed E-state index contributed by atoms with van der Waals surface area (Å²) in [5.41, 5.74) is -0.973. The molecule has 0 radical (unpaired) electrons. The molecule has 0 fully saturated rings. The van der Waals surface area contributed by atoms with Gasteiger partial charge in [-0.1, -0.05) is 6.92 Å². The van der Waals surface area contributed by atoms with E-state index >= 15 is 0 Å². The minimum Gasteiger partial charge on any atom is -0.386 e. The quantitative estimate of drug-likeness (QED) is 0.614. The van der Waals surface area contributed by atoms with Crippen LogP contribution >= 0.6 is 0 Å². The van der Waals surface area contributed by atoms with Crippen LogP contribution in [-0.2, 0) is 9.53 Å². The third-order valence-corrected chi connectivity index (χ3v) is 1.44. The molecule has 0 aromatic carbocycles. The Balaban J connectivity index is 3.67. The minimum atomic E-state index is -0.973. The summed E-state index contributed by atoms with van der Waals surface area (Å²) in [6.45, 7) is 3.83. The second-order valence-electron chi connectivity index (χ2n) is 3.06. The lowest BCUT2D eigenvalue weighted by Crippen LogP contribution is -2.43. The molecule has 12 heavy (non-hydrogen) atoms. The fraction of sp³-hybridized carbons (Fsp3) is 0.875. The number of amides is 1. The zero-order chi connectivity index (χ0) is 9.61. The monoisotopic (exact) mass is 175 g/mol.